The molecule has 2 heterocycles. The molecule has 1 aromatic carbocycles. The van der Waals surface area contributed by atoms with Crippen molar-refractivity contribution in [3.8, 4) is 0 Å². The molecule has 5 rings (SSSR count). The van der Waals surface area contributed by atoms with Crippen LogP contribution >= 0.6 is 11.6 Å². The molecule has 0 aromatic heterocycles. The van der Waals surface area contributed by atoms with Gasteiger partial charge in [-0.05, 0) is 68.7 Å². The zero-order valence-corrected chi connectivity index (χ0v) is 19.1. The third-order valence-electron chi connectivity index (χ3n) is 8.17. The number of rotatable bonds is 8. The highest BCUT2D eigenvalue weighted by atomic mass is 35.5. The minimum Gasteiger partial charge on any atom is -0.369 e. The zero-order chi connectivity index (χ0) is 21.4. The first-order valence-electron chi connectivity index (χ1n) is 12.2. The van der Waals surface area contributed by atoms with Gasteiger partial charge in [0.1, 0.15) is 0 Å². The molecule has 2 saturated heterocycles. The molecule has 2 aliphatic carbocycles. The normalized spacial score (nSPS) is 30.5. The molecule has 4 fully saturated rings. The number of anilines is 1. The molecule has 2 aliphatic heterocycles. The molecule has 2 amide bonds. The highest BCUT2D eigenvalue weighted by Crippen LogP contribution is 2.56. The number of piperazine rings is 1. The molecule has 0 spiro atoms. The summed E-state index contributed by atoms with van der Waals surface area (Å²) >= 11 is 6.12. The van der Waals surface area contributed by atoms with Gasteiger partial charge in [-0.15, -0.1) is 0 Å². The van der Waals surface area contributed by atoms with Gasteiger partial charge >= 0.3 is 0 Å². The fourth-order valence-electron chi connectivity index (χ4n) is 6.55. The van der Waals surface area contributed by atoms with E-state index in [1.165, 1.54) is 18.5 Å². The van der Waals surface area contributed by atoms with Crippen molar-refractivity contribution in [2.75, 3.05) is 44.2 Å². The van der Waals surface area contributed by atoms with E-state index in [2.05, 4.69) is 15.9 Å². The summed E-state index contributed by atoms with van der Waals surface area (Å²) in [6.07, 6.45) is 7.85. The third kappa shape index (κ3) is 4.23. The van der Waals surface area contributed by atoms with E-state index < -0.39 is 0 Å². The van der Waals surface area contributed by atoms with Gasteiger partial charge in [-0.25, -0.2) is 0 Å². The first-order valence-corrected chi connectivity index (χ1v) is 12.6. The number of benzene rings is 1. The Labute approximate surface area is 190 Å². The molecule has 4 aliphatic rings. The minimum absolute atomic E-state index is 0.0387. The summed E-state index contributed by atoms with van der Waals surface area (Å²) in [5, 5.41) is 0.799. The number of halogens is 1. The fraction of sp³-hybridized carbons (Fsp3) is 0.680. The Morgan fingerprint density at radius 3 is 2.13 bits per heavy atom. The number of fused-ring (bicyclic) bond motifs is 5. The fourth-order valence-corrected chi connectivity index (χ4v) is 6.74. The maximum Gasteiger partial charge on any atom is 0.233 e. The Morgan fingerprint density at radius 1 is 0.839 bits per heavy atom. The second-order valence-corrected chi connectivity index (χ2v) is 10.4. The average Bonchev–Trinajstić information content (AvgIpc) is 3.46. The van der Waals surface area contributed by atoms with E-state index in [0.717, 1.165) is 69.9 Å². The molecule has 2 bridgehead atoms. The van der Waals surface area contributed by atoms with Crippen LogP contribution in [-0.4, -0.2) is 60.9 Å². The van der Waals surface area contributed by atoms with Crippen LogP contribution in [0.5, 0.6) is 0 Å². The largest absolute Gasteiger partial charge is 0.369 e. The van der Waals surface area contributed by atoms with Crippen molar-refractivity contribution in [1.29, 1.82) is 0 Å². The Balaban J connectivity index is 0.973. The highest BCUT2D eigenvalue weighted by molar-refractivity contribution is 6.30. The monoisotopic (exact) mass is 443 g/mol. The minimum atomic E-state index is 0.0387. The Hall–Kier alpha value is -1.59. The lowest BCUT2D eigenvalue weighted by atomic mass is 9.81. The maximum atomic E-state index is 12.7. The van der Waals surface area contributed by atoms with Crippen LogP contribution in [-0.2, 0) is 9.59 Å². The van der Waals surface area contributed by atoms with Crippen molar-refractivity contribution < 1.29 is 9.59 Å². The Kier molecular flexibility index (Phi) is 6.25. The number of imide groups is 1. The Bertz CT molecular complexity index is 795. The van der Waals surface area contributed by atoms with E-state index in [1.807, 2.05) is 18.2 Å². The molecule has 0 radical (unpaired) electrons. The summed E-state index contributed by atoms with van der Waals surface area (Å²) in [6, 6.07) is 8.12. The number of hydrogen-bond acceptors (Lipinski definition) is 4. The quantitative estimate of drug-likeness (QED) is 0.449. The van der Waals surface area contributed by atoms with Crippen molar-refractivity contribution in [2.24, 2.45) is 23.7 Å². The number of carbonyl (C=O) groups excluding carboxylic acids is 2. The van der Waals surface area contributed by atoms with Gasteiger partial charge in [0, 0.05) is 43.4 Å². The first-order chi connectivity index (χ1) is 15.1. The van der Waals surface area contributed by atoms with Gasteiger partial charge in [0.2, 0.25) is 11.8 Å². The second-order valence-electron chi connectivity index (χ2n) is 9.94. The van der Waals surface area contributed by atoms with Crippen molar-refractivity contribution >= 4 is 29.1 Å². The smallest absolute Gasteiger partial charge is 0.233 e. The van der Waals surface area contributed by atoms with Gasteiger partial charge in [0.05, 0.1) is 11.8 Å². The van der Waals surface area contributed by atoms with Crippen LogP contribution in [0.3, 0.4) is 0 Å². The van der Waals surface area contributed by atoms with Crippen LogP contribution < -0.4 is 4.90 Å². The van der Waals surface area contributed by atoms with Crippen molar-refractivity contribution in [1.82, 2.24) is 9.80 Å². The van der Waals surface area contributed by atoms with Crippen LogP contribution in [0.15, 0.2) is 24.3 Å². The molecule has 0 N–H and O–H groups in total. The summed E-state index contributed by atoms with van der Waals surface area (Å²) < 4.78 is 0. The van der Waals surface area contributed by atoms with Gasteiger partial charge in [-0.2, -0.15) is 0 Å². The zero-order valence-electron chi connectivity index (χ0n) is 18.3. The van der Waals surface area contributed by atoms with Gasteiger partial charge in [-0.3, -0.25) is 19.4 Å². The topological polar surface area (TPSA) is 43.9 Å². The van der Waals surface area contributed by atoms with Gasteiger partial charge < -0.3 is 4.90 Å². The summed E-state index contributed by atoms with van der Waals surface area (Å²) in [7, 11) is 0. The van der Waals surface area contributed by atoms with E-state index >= 15 is 0 Å². The predicted octanol–water partition coefficient (Wildman–Crippen LogP) is 4.05. The molecular formula is C25H34ClN3O2. The van der Waals surface area contributed by atoms with Crippen molar-refractivity contribution in [2.45, 2.75) is 44.9 Å². The average molecular weight is 444 g/mol. The van der Waals surface area contributed by atoms with Crippen molar-refractivity contribution in [3.63, 3.8) is 0 Å². The molecule has 0 unspecified atom stereocenters. The Morgan fingerprint density at radius 2 is 1.48 bits per heavy atom. The standard InChI is InChI=1S/C25H34ClN3O2/c26-20-6-5-7-21(17-20)28-14-12-27(13-15-28)10-3-1-2-4-11-29-24(30)22-18-8-9-19(16-18)23(22)25(29)31/h5-7,17-19,22-23H,1-4,8-16H2/t18-,19+,22+,23-. The molecule has 4 atom stereocenters. The van der Waals surface area contributed by atoms with Gasteiger partial charge in [0.25, 0.3) is 0 Å². The summed E-state index contributed by atoms with van der Waals surface area (Å²) in [4.78, 5) is 32.1. The van der Waals surface area contributed by atoms with E-state index in [-0.39, 0.29) is 23.7 Å². The summed E-state index contributed by atoms with van der Waals surface area (Å²) in [5.41, 5.74) is 1.22. The third-order valence-corrected chi connectivity index (χ3v) is 8.41. The lowest BCUT2D eigenvalue weighted by molar-refractivity contribution is -0.140. The van der Waals surface area contributed by atoms with E-state index in [1.54, 1.807) is 4.90 Å². The lowest BCUT2D eigenvalue weighted by Gasteiger charge is -2.36. The molecule has 168 valence electrons. The molecule has 5 nitrogen and oxygen atoms in total. The molecule has 2 saturated carbocycles. The second kappa shape index (κ2) is 9.11. The van der Waals surface area contributed by atoms with Crippen LogP contribution in [0.1, 0.15) is 44.9 Å². The highest BCUT2D eigenvalue weighted by Gasteiger charge is 2.60. The number of unbranched alkanes of at least 4 members (excludes halogenated alkanes) is 3. The number of likely N-dealkylation sites (tertiary alicyclic amines) is 1. The summed E-state index contributed by atoms with van der Waals surface area (Å²) in [6.45, 7) is 6.05. The molecule has 1 aromatic rings. The lowest BCUT2D eigenvalue weighted by Crippen LogP contribution is -2.46. The van der Waals surface area contributed by atoms with Crippen LogP contribution in [0.4, 0.5) is 5.69 Å². The van der Waals surface area contributed by atoms with Crippen LogP contribution in [0, 0.1) is 23.7 Å². The van der Waals surface area contributed by atoms with Gasteiger partial charge in [-0.1, -0.05) is 30.5 Å². The molecule has 31 heavy (non-hydrogen) atoms. The van der Waals surface area contributed by atoms with Crippen LogP contribution in [0.25, 0.3) is 0 Å². The van der Waals surface area contributed by atoms with Crippen molar-refractivity contribution in [3.05, 3.63) is 29.3 Å². The number of hydrogen-bond donors (Lipinski definition) is 0. The SMILES string of the molecule is O=C1[C@@H]2[C@H]3CC[C@H](C3)[C@@H]2C(=O)N1CCCCCCN1CCN(c2cccc(Cl)c2)CC1. The van der Waals surface area contributed by atoms with Crippen LogP contribution in [0.2, 0.25) is 5.02 Å². The predicted molar refractivity (Wildman–Crippen MR) is 123 cm³/mol. The van der Waals surface area contributed by atoms with Gasteiger partial charge in [0.15, 0.2) is 0 Å². The van der Waals surface area contributed by atoms with E-state index in [0.29, 0.717) is 18.4 Å². The number of nitrogens with zero attached hydrogens (tertiary/aromatic N) is 3. The van der Waals surface area contributed by atoms with E-state index in [4.69, 9.17) is 11.6 Å². The number of carbonyl (C=O) groups is 2. The molecular weight excluding hydrogens is 410 g/mol. The van der Waals surface area contributed by atoms with E-state index in [9.17, 15) is 9.59 Å². The molecule has 6 heteroatoms. The maximum absolute atomic E-state index is 12.7. The summed E-state index contributed by atoms with van der Waals surface area (Å²) in [5.74, 6) is 1.37. The first kappa shape index (κ1) is 21.3. The number of amides is 2.